The molecule has 25 heavy (non-hydrogen) atoms. The molecule has 0 unspecified atom stereocenters. The molecule has 1 N–H and O–H groups in total. The summed E-state index contributed by atoms with van der Waals surface area (Å²) in [6.07, 6.45) is 0. The Balaban J connectivity index is 1.89. The quantitative estimate of drug-likeness (QED) is 0.565. The van der Waals surface area contributed by atoms with Crippen LogP contribution in [-0.2, 0) is 0 Å². The lowest BCUT2D eigenvalue weighted by atomic mass is 10.0. The molecule has 126 valence electrons. The fraction of sp³-hybridized carbons (Fsp3) is 0.227. The number of hydrogen-bond acceptors (Lipinski definition) is 2. The first-order valence-electron chi connectivity index (χ1n) is 8.91. The van der Waals surface area contributed by atoms with E-state index in [4.69, 9.17) is 4.99 Å². The summed E-state index contributed by atoms with van der Waals surface area (Å²) in [5, 5.41) is 5.95. The van der Waals surface area contributed by atoms with E-state index in [9.17, 15) is 0 Å². The van der Waals surface area contributed by atoms with E-state index in [-0.39, 0.29) is 0 Å². The number of para-hydroxylation sites is 1. The minimum Gasteiger partial charge on any atom is -0.354 e. The smallest absolute Gasteiger partial charge is 0.137 e. The maximum atomic E-state index is 5.12. The summed E-state index contributed by atoms with van der Waals surface area (Å²) in [6.45, 7) is 6.08. The van der Waals surface area contributed by atoms with Gasteiger partial charge in [-0.2, -0.15) is 0 Å². The van der Waals surface area contributed by atoms with Gasteiger partial charge in [0.05, 0.1) is 5.69 Å². The topological polar surface area (TPSA) is 27.6 Å². The fourth-order valence-electron chi connectivity index (χ4n) is 3.40. The summed E-state index contributed by atoms with van der Waals surface area (Å²) >= 11 is 0. The number of nitrogens with one attached hydrogen (secondary N) is 1. The molecular weight excluding hydrogens is 306 g/mol. The molecule has 1 saturated heterocycles. The maximum Gasteiger partial charge on any atom is 0.137 e. The average molecular weight is 329 g/mol. The van der Waals surface area contributed by atoms with Crippen molar-refractivity contribution in [2.24, 2.45) is 4.99 Å². The van der Waals surface area contributed by atoms with Crippen molar-refractivity contribution in [2.75, 3.05) is 26.2 Å². The fourth-order valence-corrected chi connectivity index (χ4v) is 3.40. The van der Waals surface area contributed by atoms with E-state index in [0.717, 1.165) is 37.7 Å². The number of rotatable bonds is 2. The third-order valence-corrected chi connectivity index (χ3v) is 4.79. The third kappa shape index (κ3) is 3.28. The van der Waals surface area contributed by atoms with Crippen molar-refractivity contribution in [1.82, 2.24) is 10.2 Å². The Bertz CT molecular complexity index is 903. The van der Waals surface area contributed by atoms with Crippen LogP contribution < -0.4 is 5.32 Å². The van der Waals surface area contributed by atoms with Crippen LogP contribution in [0.3, 0.4) is 0 Å². The van der Waals surface area contributed by atoms with E-state index in [2.05, 4.69) is 83.9 Å². The molecule has 0 radical (unpaired) electrons. The molecule has 3 aromatic carbocycles. The minimum absolute atomic E-state index is 0.980. The molecule has 3 heteroatoms. The molecule has 0 aromatic heterocycles. The highest BCUT2D eigenvalue weighted by Gasteiger charge is 2.18. The Morgan fingerprint density at radius 2 is 1.60 bits per heavy atom. The predicted molar refractivity (Wildman–Crippen MR) is 106 cm³/mol. The largest absolute Gasteiger partial charge is 0.354 e. The van der Waals surface area contributed by atoms with E-state index >= 15 is 0 Å². The Morgan fingerprint density at radius 3 is 2.44 bits per heavy atom. The third-order valence-electron chi connectivity index (χ3n) is 4.79. The number of nitrogens with zero attached hydrogens (tertiary/aromatic N) is 2. The van der Waals surface area contributed by atoms with Crippen LogP contribution in [-0.4, -0.2) is 36.9 Å². The van der Waals surface area contributed by atoms with Gasteiger partial charge in [-0.15, -0.1) is 0 Å². The van der Waals surface area contributed by atoms with Gasteiger partial charge in [-0.25, -0.2) is 4.99 Å². The molecular formula is C22H23N3. The van der Waals surface area contributed by atoms with Crippen molar-refractivity contribution < 1.29 is 0 Å². The van der Waals surface area contributed by atoms with E-state index in [0.29, 0.717) is 0 Å². The molecule has 0 bridgehead atoms. The highest BCUT2D eigenvalue weighted by molar-refractivity contribution is 6.10. The van der Waals surface area contributed by atoms with Crippen LogP contribution in [0.1, 0.15) is 11.1 Å². The number of amidine groups is 1. The van der Waals surface area contributed by atoms with Gasteiger partial charge >= 0.3 is 0 Å². The standard InChI is InChI=1S/C22H23N3/c1-17-7-2-5-12-21(17)24-22(25-15-13-23-14-16-25)20-11-6-9-18-8-3-4-10-19(18)20/h2-12,23H,13-16H2,1H3. The predicted octanol–water partition coefficient (Wildman–Crippen LogP) is 4.13. The summed E-state index contributed by atoms with van der Waals surface area (Å²) < 4.78 is 0. The zero-order valence-corrected chi connectivity index (χ0v) is 14.6. The number of fused-ring (bicyclic) bond motifs is 1. The summed E-state index contributed by atoms with van der Waals surface area (Å²) in [5.74, 6) is 1.08. The van der Waals surface area contributed by atoms with Crippen molar-refractivity contribution >= 4 is 22.3 Å². The van der Waals surface area contributed by atoms with Crippen LogP contribution in [0.5, 0.6) is 0 Å². The number of aliphatic imine (C=N–C) groups is 1. The monoisotopic (exact) mass is 329 g/mol. The van der Waals surface area contributed by atoms with Gasteiger partial charge in [0.25, 0.3) is 0 Å². The van der Waals surface area contributed by atoms with Gasteiger partial charge in [-0.3, -0.25) is 0 Å². The molecule has 0 atom stereocenters. The molecule has 1 aliphatic rings. The molecule has 1 aliphatic heterocycles. The van der Waals surface area contributed by atoms with Crippen LogP contribution in [0.25, 0.3) is 10.8 Å². The Morgan fingerprint density at radius 1 is 0.880 bits per heavy atom. The molecule has 3 nitrogen and oxygen atoms in total. The van der Waals surface area contributed by atoms with Crippen molar-refractivity contribution in [3.05, 3.63) is 77.9 Å². The summed E-state index contributed by atoms with van der Waals surface area (Å²) in [6, 6.07) is 23.4. The second-order valence-corrected chi connectivity index (χ2v) is 6.49. The average Bonchev–Trinajstić information content (AvgIpc) is 2.68. The molecule has 1 heterocycles. The highest BCUT2D eigenvalue weighted by atomic mass is 15.2. The first kappa shape index (κ1) is 15.9. The highest BCUT2D eigenvalue weighted by Crippen LogP contribution is 2.25. The van der Waals surface area contributed by atoms with E-state index in [1.165, 1.54) is 21.9 Å². The van der Waals surface area contributed by atoms with Crippen LogP contribution >= 0.6 is 0 Å². The summed E-state index contributed by atoms with van der Waals surface area (Å²) in [4.78, 5) is 7.52. The molecule has 0 aliphatic carbocycles. The zero-order chi connectivity index (χ0) is 17.1. The van der Waals surface area contributed by atoms with E-state index in [1.807, 2.05) is 0 Å². The Hall–Kier alpha value is -2.65. The lowest BCUT2D eigenvalue weighted by Crippen LogP contribution is -2.46. The van der Waals surface area contributed by atoms with Crippen molar-refractivity contribution in [2.45, 2.75) is 6.92 Å². The first-order chi connectivity index (χ1) is 12.3. The van der Waals surface area contributed by atoms with Crippen LogP contribution in [0.2, 0.25) is 0 Å². The second-order valence-electron chi connectivity index (χ2n) is 6.49. The lowest BCUT2D eigenvalue weighted by Gasteiger charge is -2.31. The van der Waals surface area contributed by atoms with Crippen molar-refractivity contribution in [3.63, 3.8) is 0 Å². The molecule has 1 fully saturated rings. The molecule has 0 spiro atoms. The number of benzene rings is 3. The van der Waals surface area contributed by atoms with Gasteiger partial charge in [-0.05, 0) is 29.3 Å². The first-order valence-corrected chi connectivity index (χ1v) is 8.91. The van der Waals surface area contributed by atoms with E-state index in [1.54, 1.807) is 0 Å². The van der Waals surface area contributed by atoms with Crippen molar-refractivity contribution in [1.29, 1.82) is 0 Å². The maximum absolute atomic E-state index is 5.12. The van der Waals surface area contributed by atoms with Gasteiger partial charge < -0.3 is 10.2 Å². The minimum atomic E-state index is 0.980. The van der Waals surface area contributed by atoms with Crippen LogP contribution in [0.4, 0.5) is 5.69 Å². The Kier molecular flexibility index (Phi) is 4.49. The molecule has 0 saturated carbocycles. The van der Waals surface area contributed by atoms with E-state index < -0.39 is 0 Å². The van der Waals surface area contributed by atoms with Crippen LogP contribution in [0.15, 0.2) is 71.7 Å². The second kappa shape index (κ2) is 7.08. The van der Waals surface area contributed by atoms with Crippen molar-refractivity contribution in [3.8, 4) is 0 Å². The van der Waals surface area contributed by atoms with Crippen LogP contribution in [0, 0.1) is 6.92 Å². The number of hydrogen-bond donors (Lipinski definition) is 1. The Labute approximate surface area is 149 Å². The van der Waals surface area contributed by atoms with Gasteiger partial charge in [0, 0.05) is 31.7 Å². The van der Waals surface area contributed by atoms with Gasteiger partial charge in [0.1, 0.15) is 5.84 Å². The summed E-state index contributed by atoms with van der Waals surface area (Å²) in [5.41, 5.74) is 3.46. The SMILES string of the molecule is Cc1ccccc1N=C(c1cccc2ccccc12)N1CCNCC1. The van der Waals surface area contributed by atoms with Gasteiger partial charge in [0.2, 0.25) is 0 Å². The number of piperazine rings is 1. The van der Waals surface area contributed by atoms with Gasteiger partial charge in [0.15, 0.2) is 0 Å². The summed E-state index contributed by atoms with van der Waals surface area (Å²) in [7, 11) is 0. The normalized spacial score (nSPS) is 15.6. The molecule has 4 rings (SSSR count). The zero-order valence-electron chi connectivity index (χ0n) is 14.6. The lowest BCUT2D eigenvalue weighted by molar-refractivity contribution is 0.358. The molecule has 0 amide bonds. The number of aryl methyl sites for hydroxylation is 1. The molecule has 3 aromatic rings. The van der Waals surface area contributed by atoms with Gasteiger partial charge in [-0.1, -0.05) is 60.7 Å².